The van der Waals surface area contributed by atoms with E-state index in [9.17, 15) is 18.4 Å². The van der Waals surface area contributed by atoms with Gasteiger partial charge >= 0.3 is 6.18 Å². The van der Waals surface area contributed by atoms with Gasteiger partial charge in [-0.05, 0) is 12.1 Å². The Morgan fingerprint density at radius 2 is 1.81 bits per heavy atom. The predicted molar refractivity (Wildman–Crippen MR) is 103 cm³/mol. The van der Waals surface area contributed by atoms with Gasteiger partial charge in [0, 0.05) is 14.1 Å². The van der Waals surface area contributed by atoms with Gasteiger partial charge in [0.15, 0.2) is 11.5 Å². The van der Waals surface area contributed by atoms with Crippen LogP contribution in [0.25, 0.3) is 5.69 Å². The number of nitriles is 1. The Labute approximate surface area is 173 Å². The van der Waals surface area contributed by atoms with Crippen LogP contribution in [-0.4, -0.2) is 35.1 Å². The van der Waals surface area contributed by atoms with Crippen molar-refractivity contribution in [3.8, 4) is 11.8 Å². The Morgan fingerprint density at radius 3 is 2.22 bits per heavy atom. The molecule has 0 fully saturated rings. The molecule has 0 bridgehead atoms. The van der Waals surface area contributed by atoms with Gasteiger partial charge in [-0.25, -0.2) is 9.67 Å². The molecule has 1 heterocycles. The molecule has 0 aliphatic heterocycles. The third kappa shape index (κ3) is 4.79. The molecule has 13 heteroatoms. The summed E-state index contributed by atoms with van der Waals surface area (Å²) in [5, 5.41) is 12.8. The lowest BCUT2D eigenvalue weighted by atomic mass is 10.2. The van der Waals surface area contributed by atoms with E-state index >= 15 is 0 Å². The highest BCUT2D eigenvalue weighted by atomic mass is 35.9. The first-order valence-electron chi connectivity index (χ1n) is 6.89. The number of benzene rings is 1. The largest absolute Gasteiger partial charge is 0.416 e. The molecule has 0 spiro atoms. The van der Waals surface area contributed by atoms with Crippen molar-refractivity contribution >= 4 is 69.8 Å². The Kier molecular flexibility index (Phi) is 6.88. The van der Waals surface area contributed by atoms with Crippen LogP contribution in [0.4, 0.5) is 19.0 Å². The van der Waals surface area contributed by atoms with Crippen molar-refractivity contribution in [3.05, 3.63) is 33.4 Å². The molecule has 0 aliphatic carbocycles. The fourth-order valence-electron chi connectivity index (χ4n) is 2.01. The standard InChI is InChI=1S/C14H9Cl4F3N5P/c1-25(2)6-23-13-12(27(17)18)10(5-22)24-26(13)11-8(15)3-7(4-9(11)16)14(19,20)21/h3-4,6H,1-2H3. The van der Waals surface area contributed by atoms with E-state index in [-0.39, 0.29) is 32.5 Å². The highest BCUT2D eigenvalue weighted by molar-refractivity contribution is 8.09. The summed E-state index contributed by atoms with van der Waals surface area (Å²) in [5.41, 5.74) is -1.24. The predicted octanol–water partition coefficient (Wildman–Crippen LogP) is 5.71. The second-order valence-corrected chi connectivity index (χ2v) is 9.55. The minimum Gasteiger partial charge on any atom is -0.369 e. The van der Waals surface area contributed by atoms with E-state index in [2.05, 4.69) is 10.1 Å². The number of nitrogens with zero attached hydrogens (tertiary/aromatic N) is 5. The van der Waals surface area contributed by atoms with Gasteiger partial charge in [-0.15, -0.1) is 0 Å². The molecule has 2 aromatic rings. The average Bonchev–Trinajstić information content (AvgIpc) is 2.89. The maximum absolute atomic E-state index is 13.0. The molecule has 0 aliphatic rings. The van der Waals surface area contributed by atoms with Crippen LogP contribution in [0.5, 0.6) is 0 Å². The number of hydrogen-bond donors (Lipinski definition) is 0. The molecule has 0 N–H and O–H groups in total. The lowest BCUT2D eigenvalue weighted by Crippen LogP contribution is -2.10. The van der Waals surface area contributed by atoms with Crippen molar-refractivity contribution in [2.45, 2.75) is 6.18 Å². The minimum absolute atomic E-state index is 0.0416. The summed E-state index contributed by atoms with van der Waals surface area (Å²) < 4.78 is 39.9. The SMILES string of the molecule is CN(C)C=Nc1c(P(Cl)Cl)c(C#N)nn1-c1c(Cl)cc(C(F)(F)F)cc1Cl. The van der Waals surface area contributed by atoms with Crippen molar-refractivity contribution in [2.75, 3.05) is 14.1 Å². The van der Waals surface area contributed by atoms with Gasteiger partial charge in [0.2, 0.25) is 0 Å². The maximum atomic E-state index is 13.0. The van der Waals surface area contributed by atoms with Crippen molar-refractivity contribution in [1.82, 2.24) is 14.7 Å². The highest BCUT2D eigenvalue weighted by Gasteiger charge is 2.33. The molecule has 0 amide bonds. The van der Waals surface area contributed by atoms with Crippen LogP contribution in [0.15, 0.2) is 17.1 Å². The smallest absolute Gasteiger partial charge is 0.369 e. The molecule has 0 atom stereocenters. The number of halogens is 7. The van der Waals surface area contributed by atoms with Crippen LogP contribution in [-0.2, 0) is 6.18 Å². The third-order valence-corrected chi connectivity index (χ3v) is 5.42. The summed E-state index contributed by atoms with van der Waals surface area (Å²) in [6, 6.07) is 3.25. The first-order chi connectivity index (χ1) is 12.5. The summed E-state index contributed by atoms with van der Waals surface area (Å²) >= 11 is 24.1. The van der Waals surface area contributed by atoms with Crippen molar-refractivity contribution in [3.63, 3.8) is 0 Å². The molecule has 27 heavy (non-hydrogen) atoms. The van der Waals surface area contributed by atoms with Crippen LogP contribution in [0, 0.1) is 11.3 Å². The molecule has 0 saturated carbocycles. The van der Waals surface area contributed by atoms with Gasteiger partial charge in [-0.2, -0.15) is 23.5 Å². The summed E-state index contributed by atoms with van der Waals surface area (Å²) in [7, 11) is 3.38. The zero-order valence-corrected chi connectivity index (χ0v) is 17.5. The topological polar surface area (TPSA) is 57.2 Å². The Morgan fingerprint density at radius 1 is 1.26 bits per heavy atom. The quantitative estimate of drug-likeness (QED) is 0.323. The normalized spacial score (nSPS) is 12.0. The van der Waals surface area contributed by atoms with Gasteiger partial charge in [0.1, 0.15) is 18.4 Å². The second-order valence-electron chi connectivity index (χ2n) is 5.27. The molecule has 144 valence electrons. The van der Waals surface area contributed by atoms with E-state index < -0.39 is 18.4 Å². The van der Waals surface area contributed by atoms with E-state index in [0.29, 0.717) is 12.1 Å². The maximum Gasteiger partial charge on any atom is 0.416 e. The van der Waals surface area contributed by atoms with Crippen molar-refractivity contribution in [2.24, 2.45) is 4.99 Å². The van der Waals surface area contributed by atoms with Gasteiger partial charge in [-0.3, -0.25) is 0 Å². The van der Waals surface area contributed by atoms with E-state index in [1.807, 2.05) is 6.07 Å². The van der Waals surface area contributed by atoms with Crippen LogP contribution in [0.2, 0.25) is 10.0 Å². The molecule has 5 nitrogen and oxygen atoms in total. The number of alkyl halides is 3. The van der Waals surface area contributed by atoms with Crippen LogP contribution in [0.1, 0.15) is 11.3 Å². The van der Waals surface area contributed by atoms with E-state index in [1.54, 1.807) is 19.0 Å². The van der Waals surface area contributed by atoms with Gasteiger partial charge in [0.25, 0.3) is 0 Å². The summed E-state index contributed by atoms with van der Waals surface area (Å²) in [6.07, 6.45) is -3.25. The second kappa shape index (κ2) is 8.42. The number of aliphatic imine (C=N–C) groups is 1. The molecular formula is C14H9Cl4F3N5P. The zero-order valence-electron chi connectivity index (χ0n) is 13.6. The zero-order chi connectivity index (χ0) is 20.5. The Bertz CT molecular complexity index is 911. The van der Waals surface area contributed by atoms with E-state index in [0.717, 1.165) is 4.68 Å². The summed E-state index contributed by atoms with van der Waals surface area (Å²) in [6.45, 7) is -1.85. The molecule has 1 aromatic carbocycles. The molecule has 1 aromatic heterocycles. The number of aromatic nitrogens is 2. The first-order valence-corrected chi connectivity index (χ1v) is 10.8. The monoisotopic (exact) mass is 475 g/mol. The highest BCUT2D eigenvalue weighted by Crippen LogP contribution is 2.49. The van der Waals surface area contributed by atoms with E-state index in [4.69, 9.17) is 45.7 Å². The van der Waals surface area contributed by atoms with Crippen molar-refractivity contribution < 1.29 is 13.2 Å². The minimum atomic E-state index is -4.63. The molecule has 0 radical (unpaired) electrons. The molecule has 2 rings (SSSR count). The van der Waals surface area contributed by atoms with Crippen LogP contribution in [0.3, 0.4) is 0 Å². The molecule has 0 saturated heterocycles. The number of rotatable bonds is 4. The van der Waals surface area contributed by atoms with Crippen LogP contribution < -0.4 is 5.30 Å². The van der Waals surface area contributed by atoms with Gasteiger partial charge in [0.05, 0.1) is 27.3 Å². The summed E-state index contributed by atoms with van der Waals surface area (Å²) in [4.78, 5) is 5.77. The summed E-state index contributed by atoms with van der Waals surface area (Å²) in [5.74, 6) is 0.0416. The fraction of sp³-hybridized carbons (Fsp3) is 0.214. The molecular weight excluding hydrogens is 468 g/mol. The average molecular weight is 477 g/mol. The van der Waals surface area contributed by atoms with E-state index in [1.165, 1.54) is 6.34 Å². The number of hydrogen-bond acceptors (Lipinski definition) is 3. The van der Waals surface area contributed by atoms with Crippen LogP contribution >= 0.6 is 52.3 Å². The fourth-order valence-corrected chi connectivity index (χ4v) is 4.14. The molecule has 0 unspecified atom stereocenters. The third-order valence-electron chi connectivity index (χ3n) is 3.08. The Hall–Kier alpha value is -1.23. The lowest BCUT2D eigenvalue weighted by molar-refractivity contribution is -0.137. The lowest BCUT2D eigenvalue weighted by Gasteiger charge is -2.14. The van der Waals surface area contributed by atoms with Crippen molar-refractivity contribution in [1.29, 1.82) is 5.26 Å². The Balaban J connectivity index is 2.81. The van der Waals surface area contributed by atoms with Gasteiger partial charge in [-0.1, -0.05) is 45.7 Å². The van der Waals surface area contributed by atoms with Gasteiger partial charge < -0.3 is 4.90 Å². The first kappa shape index (κ1) is 22.1.